The van der Waals surface area contributed by atoms with Gasteiger partial charge in [-0.1, -0.05) is 32.4 Å². The number of nitrogens with zero attached hydrogens (tertiary/aromatic N) is 3. The SMILES string of the molecule is CCN(CC)S(=O)(=O)c1ccc2c3c(cccc13)C(=O)N2CN1CCCCC1. The van der Waals surface area contributed by atoms with E-state index in [4.69, 9.17) is 0 Å². The summed E-state index contributed by atoms with van der Waals surface area (Å²) in [5.41, 5.74) is 1.42. The van der Waals surface area contributed by atoms with Gasteiger partial charge >= 0.3 is 0 Å². The maximum atomic E-state index is 13.2. The first-order valence-electron chi connectivity index (χ1n) is 10.1. The van der Waals surface area contributed by atoms with E-state index in [0.717, 1.165) is 37.0 Å². The molecule has 2 aliphatic rings. The van der Waals surface area contributed by atoms with Crippen LogP contribution in [0.2, 0.25) is 0 Å². The molecule has 0 radical (unpaired) electrons. The topological polar surface area (TPSA) is 60.9 Å². The van der Waals surface area contributed by atoms with Crippen LogP contribution in [0.25, 0.3) is 10.8 Å². The Balaban J connectivity index is 1.81. The molecule has 0 aromatic heterocycles. The fourth-order valence-corrected chi connectivity index (χ4v) is 6.03. The minimum Gasteiger partial charge on any atom is -0.294 e. The molecule has 2 aromatic carbocycles. The molecule has 4 rings (SSSR count). The van der Waals surface area contributed by atoms with Gasteiger partial charge in [-0.05, 0) is 44.1 Å². The van der Waals surface area contributed by atoms with Crippen LogP contribution in [-0.2, 0) is 10.0 Å². The number of hydrogen-bond acceptors (Lipinski definition) is 4. The van der Waals surface area contributed by atoms with E-state index in [1.807, 2.05) is 19.9 Å². The molecule has 28 heavy (non-hydrogen) atoms. The van der Waals surface area contributed by atoms with E-state index in [-0.39, 0.29) is 10.8 Å². The second kappa shape index (κ2) is 7.46. The number of likely N-dealkylation sites (tertiary alicyclic amines) is 1. The highest BCUT2D eigenvalue weighted by atomic mass is 32.2. The molecule has 1 saturated heterocycles. The van der Waals surface area contributed by atoms with Gasteiger partial charge in [0.2, 0.25) is 10.0 Å². The van der Waals surface area contributed by atoms with Gasteiger partial charge in [0, 0.05) is 29.4 Å². The standard InChI is InChI=1S/C21H27N3O3S/c1-3-23(4-2)28(26,27)19-12-11-18-20-16(19)9-8-10-17(20)21(25)24(18)15-22-13-6-5-7-14-22/h8-12H,3-7,13-15H2,1-2H3. The highest BCUT2D eigenvalue weighted by Gasteiger charge is 2.34. The van der Waals surface area contributed by atoms with Crippen molar-refractivity contribution < 1.29 is 13.2 Å². The van der Waals surface area contributed by atoms with Gasteiger partial charge in [-0.25, -0.2) is 8.42 Å². The summed E-state index contributed by atoms with van der Waals surface area (Å²) in [6.07, 6.45) is 3.56. The Morgan fingerprint density at radius 2 is 1.71 bits per heavy atom. The van der Waals surface area contributed by atoms with Gasteiger partial charge in [0.1, 0.15) is 0 Å². The first kappa shape index (κ1) is 19.4. The molecular formula is C21H27N3O3S. The average Bonchev–Trinajstić information content (AvgIpc) is 2.97. The summed E-state index contributed by atoms with van der Waals surface area (Å²) in [7, 11) is -3.60. The third kappa shape index (κ3) is 3.02. The van der Waals surface area contributed by atoms with Crippen LogP contribution in [-0.4, -0.2) is 56.4 Å². The average molecular weight is 402 g/mol. The first-order chi connectivity index (χ1) is 13.5. The molecule has 1 fully saturated rings. The predicted octanol–water partition coefficient (Wildman–Crippen LogP) is 3.27. The quantitative estimate of drug-likeness (QED) is 0.745. The number of amides is 1. The summed E-state index contributed by atoms with van der Waals surface area (Å²) in [6, 6.07) is 8.87. The van der Waals surface area contributed by atoms with Gasteiger partial charge < -0.3 is 0 Å². The molecule has 6 nitrogen and oxygen atoms in total. The number of sulfonamides is 1. The largest absolute Gasteiger partial charge is 0.294 e. The first-order valence-corrected chi connectivity index (χ1v) is 11.5. The van der Waals surface area contributed by atoms with Crippen molar-refractivity contribution in [3.8, 4) is 0 Å². The summed E-state index contributed by atoms with van der Waals surface area (Å²) in [5, 5.41) is 1.40. The number of anilines is 1. The zero-order chi connectivity index (χ0) is 19.9. The third-order valence-corrected chi connectivity index (χ3v) is 7.97. The Morgan fingerprint density at radius 1 is 1.00 bits per heavy atom. The molecule has 0 bridgehead atoms. The lowest BCUT2D eigenvalue weighted by molar-refractivity contribution is 0.0969. The van der Waals surface area contributed by atoms with Gasteiger partial charge in [0.25, 0.3) is 5.91 Å². The number of rotatable bonds is 6. The lowest BCUT2D eigenvalue weighted by Crippen LogP contribution is -2.42. The van der Waals surface area contributed by atoms with Crippen LogP contribution >= 0.6 is 0 Å². The lowest BCUT2D eigenvalue weighted by Gasteiger charge is -2.31. The van der Waals surface area contributed by atoms with Gasteiger partial charge in [-0.3, -0.25) is 14.6 Å². The van der Waals surface area contributed by atoms with E-state index in [2.05, 4.69) is 4.90 Å². The second-order valence-corrected chi connectivity index (χ2v) is 9.36. The van der Waals surface area contributed by atoms with Gasteiger partial charge in [0.15, 0.2) is 0 Å². The summed E-state index contributed by atoms with van der Waals surface area (Å²) < 4.78 is 27.8. The van der Waals surface area contributed by atoms with Crippen molar-refractivity contribution in [2.45, 2.75) is 38.0 Å². The van der Waals surface area contributed by atoms with Crippen molar-refractivity contribution in [2.24, 2.45) is 0 Å². The Bertz CT molecular complexity index is 1010. The molecule has 2 aromatic rings. The molecule has 2 heterocycles. The van der Waals surface area contributed by atoms with Crippen LogP contribution in [0.15, 0.2) is 35.2 Å². The van der Waals surface area contributed by atoms with Crippen LogP contribution in [0, 0.1) is 0 Å². The predicted molar refractivity (Wildman–Crippen MR) is 111 cm³/mol. The Kier molecular flexibility index (Phi) is 5.16. The number of benzene rings is 2. The normalized spacial score (nSPS) is 17.8. The maximum Gasteiger partial charge on any atom is 0.260 e. The fourth-order valence-electron chi connectivity index (χ4n) is 4.39. The number of piperidine rings is 1. The van der Waals surface area contributed by atoms with Gasteiger partial charge in [0.05, 0.1) is 17.3 Å². The van der Waals surface area contributed by atoms with E-state index in [0.29, 0.717) is 30.7 Å². The maximum absolute atomic E-state index is 13.2. The molecule has 150 valence electrons. The molecule has 0 N–H and O–H groups in total. The highest BCUT2D eigenvalue weighted by Crippen LogP contribution is 2.40. The Hall–Kier alpha value is -1.96. The number of carbonyl (C=O) groups is 1. The van der Waals surface area contributed by atoms with Crippen LogP contribution in [0.4, 0.5) is 5.69 Å². The minimum absolute atomic E-state index is 0.0384. The molecule has 7 heteroatoms. The van der Waals surface area contributed by atoms with Crippen molar-refractivity contribution >= 4 is 32.4 Å². The van der Waals surface area contributed by atoms with E-state index in [1.54, 1.807) is 29.2 Å². The molecule has 0 unspecified atom stereocenters. The fraction of sp³-hybridized carbons (Fsp3) is 0.476. The Morgan fingerprint density at radius 3 is 2.39 bits per heavy atom. The van der Waals surface area contributed by atoms with Crippen LogP contribution in [0.3, 0.4) is 0 Å². The van der Waals surface area contributed by atoms with Gasteiger partial charge in [-0.15, -0.1) is 0 Å². The lowest BCUT2D eigenvalue weighted by atomic mass is 10.1. The Labute approximate surface area is 166 Å². The third-order valence-electron chi connectivity index (χ3n) is 5.86. The van der Waals surface area contributed by atoms with Crippen molar-refractivity contribution in [3.63, 3.8) is 0 Å². The van der Waals surface area contributed by atoms with Crippen LogP contribution < -0.4 is 4.90 Å². The zero-order valence-electron chi connectivity index (χ0n) is 16.5. The van der Waals surface area contributed by atoms with E-state index in [9.17, 15) is 13.2 Å². The molecular weight excluding hydrogens is 374 g/mol. The second-order valence-electron chi connectivity index (χ2n) is 7.45. The molecule has 0 saturated carbocycles. The summed E-state index contributed by atoms with van der Waals surface area (Å²) in [4.78, 5) is 17.5. The summed E-state index contributed by atoms with van der Waals surface area (Å²) in [5.74, 6) is -0.0384. The molecule has 1 amide bonds. The number of carbonyl (C=O) groups excluding carboxylic acids is 1. The minimum atomic E-state index is -3.60. The van der Waals surface area contributed by atoms with Crippen molar-refractivity contribution in [1.29, 1.82) is 0 Å². The smallest absolute Gasteiger partial charge is 0.260 e. The van der Waals surface area contributed by atoms with E-state index in [1.165, 1.54) is 10.7 Å². The van der Waals surface area contributed by atoms with Crippen LogP contribution in [0.5, 0.6) is 0 Å². The van der Waals surface area contributed by atoms with E-state index >= 15 is 0 Å². The molecule has 0 aliphatic carbocycles. The number of hydrogen-bond donors (Lipinski definition) is 0. The molecule has 0 spiro atoms. The molecule has 2 aliphatic heterocycles. The highest BCUT2D eigenvalue weighted by molar-refractivity contribution is 7.89. The monoisotopic (exact) mass is 401 g/mol. The zero-order valence-corrected chi connectivity index (χ0v) is 17.3. The van der Waals surface area contributed by atoms with Gasteiger partial charge in [-0.2, -0.15) is 4.31 Å². The van der Waals surface area contributed by atoms with Crippen molar-refractivity contribution in [1.82, 2.24) is 9.21 Å². The summed E-state index contributed by atoms with van der Waals surface area (Å²) in [6.45, 7) is 7.07. The van der Waals surface area contributed by atoms with Crippen molar-refractivity contribution in [3.05, 3.63) is 35.9 Å². The van der Waals surface area contributed by atoms with Crippen molar-refractivity contribution in [2.75, 3.05) is 37.7 Å². The summed E-state index contributed by atoms with van der Waals surface area (Å²) >= 11 is 0. The molecule has 0 atom stereocenters. The van der Waals surface area contributed by atoms with Crippen LogP contribution in [0.1, 0.15) is 43.5 Å². The van der Waals surface area contributed by atoms with E-state index < -0.39 is 10.0 Å².